The molecule has 1 aliphatic heterocycles. The maximum Gasteiger partial charge on any atom is 0.119 e. The van der Waals surface area contributed by atoms with E-state index in [9.17, 15) is 0 Å². The summed E-state index contributed by atoms with van der Waals surface area (Å²) < 4.78 is 10.5. The van der Waals surface area contributed by atoms with Gasteiger partial charge in [-0.15, -0.1) is 0 Å². The van der Waals surface area contributed by atoms with Gasteiger partial charge in [0.15, 0.2) is 0 Å². The molecule has 0 aliphatic carbocycles. The van der Waals surface area contributed by atoms with Crippen LogP contribution in [0.2, 0.25) is 0 Å². The van der Waals surface area contributed by atoms with Crippen molar-refractivity contribution in [3.05, 3.63) is 29.3 Å². The fraction of sp³-hybridized carbons (Fsp3) is 0.529. The van der Waals surface area contributed by atoms with Crippen LogP contribution in [0.25, 0.3) is 0 Å². The highest BCUT2D eigenvalue weighted by Crippen LogP contribution is 2.23. The number of hydrogen-bond acceptors (Lipinski definition) is 4. The molecule has 1 N–H and O–H groups in total. The minimum atomic E-state index is -0.120. The first-order chi connectivity index (χ1) is 10.3. The molecule has 1 atom stereocenters. The van der Waals surface area contributed by atoms with Crippen molar-refractivity contribution < 1.29 is 14.6 Å². The third kappa shape index (κ3) is 4.47. The molecule has 0 saturated carbocycles. The number of ether oxygens (including phenoxy) is 2. The molecule has 1 aromatic rings. The smallest absolute Gasteiger partial charge is 0.119 e. The lowest BCUT2D eigenvalue weighted by molar-refractivity contribution is 0.152. The van der Waals surface area contributed by atoms with Crippen LogP contribution in [0.15, 0.2) is 18.2 Å². The molecule has 1 aromatic carbocycles. The summed E-state index contributed by atoms with van der Waals surface area (Å²) >= 11 is 0. The molecule has 1 unspecified atom stereocenters. The van der Waals surface area contributed by atoms with E-state index < -0.39 is 0 Å². The number of aliphatic hydroxyl groups excluding tert-OH is 1. The first-order valence-electron chi connectivity index (χ1n) is 7.24. The van der Waals surface area contributed by atoms with Crippen molar-refractivity contribution in [1.82, 2.24) is 4.90 Å². The van der Waals surface area contributed by atoms with Crippen molar-refractivity contribution in [2.24, 2.45) is 5.92 Å². The van der Waals surface area contributed by atoms with E-state index in [1.54, 1.807) is 14.2 Å². The molecule has 1 saturated heterocycles. The number of methoxy groups -OCH3 is 2. The van der Waals surface area contributed by atoms with Gasteiger partial charge in [-0.05, 0) is 42.6 Å². The Hall–Kier alpha value is -1.54. The fourth-order valence-corrected chi connectivity index (χ4v) is 2.75. The lowest BCUT2D eigenvalue weighted by Crippen LogP contribution is -2.21. The third-order valence-corrected chi connectivity index (χ3v) is 3.78. The molecular formula is C17H23NO3. The van der Waals surface area contributed by atoms with Crippen molar-refractivity contribution in [3.8, 4) is 17.6 Å². The first-order valence-corrected chi connectivity index (χ1v) is 7.24. The van der Waals surface area contributed by atoms with Crippen LogP contribution in [0.4, 0.5) is 0 Å². The molecule has 0 aromatic heterocycles. The van der Waals surface area contributed by atoms with E-state index >= 15 is 0 Å². The summed E-state index contributed by atoms with van der Waals surface area (Å²) in [5.74, 6) is 7.20. The van der Waals surface area contributed by atoms with Gasteiger partial charge in [-0.2, -0.15) is 0 Å². The van der Waals surface area contributed by atoms with Gasteiger partial charge in [-0.25, -0.2) is 0 Å². The topological polar surface area (TPSA) is 41.9 Å². The Kier molecular flexibility index (Phi) is 6.06. The number of aliphatic hydroxyl groups is 1. The quantitative estimate of drug-likeness (QED) is 0.834. The Morgan fingerprint density at radius 2 is 2.24 bits per heavy atom. The van der Waals surface area contributed by atoms with Gasteiger partial charge in [-0.3, -0.25) is 4.90 Å². The lowest BCUT2D eigenvalue weighted by atomic mass is 10.1. The largest absolute Gasteiger partial charge is 0.497 e. The molecule has 2 rings (SSSR count). The molecule has 114 valence electrons. The standard InChI is InChI=1S/C17H23NO3/c1-20-13-14-7-8-18(11-14)12-16-10-17(21-2)6-5-15(16)4-3-9-19/h5-6,10,14,19H,7-9,11-13H2,1-2H3. The molecule has 0 radical (unpaired) electrons. The Bertz CT molecular complexity index is 519. The van der Waals surface area contributed by atoms with Gasteiger partial charge in [0.2, 0.25) is 0 Å². The van der Waals surface area contributed by atoms with E-state index in [0.29, 0.717) is 5.92 Å². The number of hydrogen-bond donors (Lipinski definition) is 1. The second kappa shape index (κ2) is 8.04. The summed E-state index contributed by atoms with van der Waals surface area (Å²) in [6, 6.07) is 5.90. The highest BCUT2D eigenvalue weighted by molar-refractivity contribution is 5.45. The third-order valence-electron chi connectivity index (χ3n) is 3.78. The van der Waals surface area contributed by atoms with Crippen LogP contribution in [0.3, 0.4) is 0 Å². The average molecular weight is 289 g/mol. The number of nitrogens with zero attached hydrogens (tertiary/aromatic N) is 1. The molecule has 21 heavy (non-hydrogen) atoms. The van der Waals surface area contributed by atoms with Crippen molar-refractivity contribution in [2.45, 2.75) is 13.0 Å². The van der Waals surface area contributed by atoms with Gasteiger partial charge in [-0.1, -0.05) is 11.8 Å². The predicted molar refractivity (Wildman–Crippen MR) is 82.2 cm³/mol. The number of likely N-dealkylation sites (tertiary alicyclic amines) is 1. The van der Waals surface area contributed by atoms with Gasteiger partial charge < -0.3 is 14.6 Å². The summed E-state index contributed by atoms with van der Waals surface area (Å²) in [6.45, 7) is 3.69. The number of rotatable bonds is 5. The average Bonchev–Trinajstić information content (AvgIpc) is 2.93. The molecule has 0 amide bonds. The second-order valence-electron chi connectivity index (χ2n) is 5.33. The van der Waals surface area contributed by atoms with Gasteiger partial charge >= 0.3 is 0 Å². The molecule has 4 heteroatoms. The minimum Gasteiger partial charge on any atom is -0.497 e. The summed E-state index contributed by atoms with van der Waals surface area (Å²) in [5.41, 5.74) is 2.11. The van der Waals surface area contributed by atoms with E-state index in [0.717, 1.165) is 43.1 Å². The van der Waals surface area contributed by atoms with E-state index in [1.165, 1.54) is 6.42 Å². The first kappa shape index (κ1) is 15.8. The molecule has 1 fully saturated rings. The van der Waals surface area contributed by atoms with Crippen LogP contribution in [0, 0.1) is 17.8 Å². The SMILES string of the molecule is COCC1CCN(Cc2cc(OC)ccc2C#CCO)C1. The summed E-state index contributed by atoms with van der Waals surface area (Å²) in [5, 5.41) is 8.87. The maximum atomic E-state index is 8.87. The minimum absolute atomic E-state index is 0.120. The van der Waals surface area contributed by atoms with Gasteiger partial charge in [0.25, 0.3) is 0 Å². The molecule has 0 bridgehead atoms. The Morgan fingerprint density at radius 1 is 1.38 bits per heavy atom. The second-order valence-corrected chi connectivity index (χ2v) is 5.33. The highest BCUT2D eigenvalue weighted by Gasteiger charge is 2.22. The molecule has 1 heterocycles. The van der Waals surface area contributed by atoms with E-state index in [1.807, 2.05) is 18.2 Å². The van der Waals surface area contributed by atoms with Crippen LogP contribution in [-0.2, 0) is 11.3 Å². The van der Waals surface area contributed by atoms with Crippen LogP contribution in [0.1, 0.15) is 17.5 Å². The maximum absolute atomic E-state index is 8.87. The predicted octanol–water partition coefficient (Wildman–Crippen LogP) is 1.51. The zero-order valence-electron chi connectivity index (χ0n) is 12.8. The van der Waals surface area contributed by atoms with Crippen molar-refractivity contribution in [1.29, 1.82) is 0 Å². The zero-order chi connectivity index (χ0) is 15.1. The van der Waals surface area contributed by atoms with Gasteiger partial charge in [0.05, 0.1) is 13.7 Å². The van der Waals surface area contributed by atoms with Crippen molar-refractivity contribution in [3.63, 3.8) is 0 Å². The van der Waals surface area contributed by atoms with Gasteiger partial charge in [0, 0.05) is 25.8 Å². The summed E-state index contributed by atoms with van der Waals surface area (Å²) in [7, 11) is 3.43. The zero-order valence-corrected chi connectivity index (χ0v) is 12.8. The summed E-state index contributed by atoms with van der Waals surface area (Å²) in [6.07, 6.45) is 1.18. The molecular weight excluding hydrogens is 266 g/mol. The normalized spacial score (nSPS) is 18.3. The van der Waals surface area contributed by atoms with Gasteiger partial charge in [0.1, 0.15) is 12.4 Å². The Morgan fingerprint density at radius 3 is 2.95 bits per heavy atom. The fourth-order valence-electron chi connectivity index (χ4n) is 2.75. The Balaban J connectivity index is 2.10. The number of benzene rings is 1. The summed E-state index contributed by atoms with van der Waals surface area (Å²) in [4.78, 5) is 2.42. The van der Waals surface area contributed by atoms with E-state index in [-0.39, 0.29) is 6.61 Å². The lowest BCUT2D eigenvalue weighted by Gasteiger charge is -2.17. The van der Waals surface area contributed by atoms with E-state index in [2.05, 4.69) is 16.7 Å². The monoisotopic (exact) mass is 289 g/mol. The van der Waals surface area contributed by atoms with E-state index in [4.69, 9.17) is 14.6 Å². The van der Waals surface area contributed by atoms with Crippen LogP contribution in [0.5, 0.6) is 5.75 Å². The van der Waals surface area contributed by atoms with Crippen LogP contribution in [-0.4, -0.2) is 50.5 Å². The highest BCUT2D eigenvalue weighted by atomic mass is 16.5. The Labute approximate surface area is 126 Å². The molecule has 0 spiro atoms. The van der Waals surface area contributed by atoms with Crippen molar-refractivity contribution in [2.75, 3.05) is 40.5 Å². The molecule has 1 aliphatic rings. The van der Waals surface area contributed by atoms with Crippen LogP contribution < -0.4 is 4.74 Å². The molecule has 4 nitrogen and oxygen atoms in total. The van der Waals surface area contributed by atoms with Crippen LogP contribution >= 0.6 is 0 Å². The van der Waals surface area contributed by atoms with Crippen molar-refractivity contribution >= 4 is 0 Å².